The van der Waals surface area contributed by atoms with E-state index in [0.29, 0.717) is 18.7 Å². The Morgan fingerprint density at radius 2 is 2.22 bits per heavy atom. The molecule has 23 heavy (non-hydrogen) atoms. The van der Waals surface area contributed by atoms with Crippen molar-refractivity contribution in [1.29, 1.82) is 0 Å². The van der Waals surface area contributed by atoms with Crippen LogP contribution >= 0.6 is 0 Å². The van der Waals surface area contributed by atoms with Crippen molar-refractivity contribution < 1.29 is 14.7 Å². The van der Waals surface area contributed by atoms with Crippen LogP contribution in [-0.2, 0) is 11.3 Å². The standard InChI is InChI=1S/C16H20N4O3/c1-3-20-13-8-12(5-4-11(13)9-17-20)18-15(23)19-7-6-16(2,10-19)14(21)22/h4-5,8-9H,3,6-7,10H2,1-2H3,(H,18,23)(H,21,22). The Morgan fingerprint density at radius 3 is 2.87 bits per heavy atom. The number of likely N-dealkylation sites (tertiary alicyclic amines) is 1. The highest BCUT2D eigenvalue weighted by molar-refractivity contribution is 5.93. The number of carbonyl (C=O) groups excluding carboxylic acids is 1. The number of aromatic nitrogens is 2. The van der Waals surface area contributed by atoms with Gasteiger partial charge in [-0.2, -0.15) is 5.10 Å². The number of carbonyl (C=O) groups is 2. The van der Waals surface area contributed by atoms with Crippen LogP contribution in [0.1, 0.15) is 20.3 Å². The molecule has 2 aromatic rings. The summed E-state index contributed by atoms with van der Waals surface area (Å²) in [6.07, 6.45) is 2.26. The van der Waals surface area contributed by atoms with Crippen LogP contribution < -0.4 is 5.32 Å². The van der Waals surface area contributed by atoms with E-state index >= 15 is 0 Å². The third kappa shape index (κ3) is 2.74. The fourth-order valence-corrected chi connectivity index (χ4v) is 2.91. The number of nitrogens with one attached hydrogen (secondary N) is 1. The number of aliphatic carboxylic acids is 1. The maximum Gasteiger partial charge on any atom is 0.321 e. The number of carboxylic acids is 1. The van der Waals surface area contributed by atoms with E-state index in [1.807, 2.05) is 29.8 Å². The van der Waals surface area contributed by atoms with Gasteiger partial charge in [0.05, 0.1) is 17.1 Å². The van der Waals surface area contributed by atoms with E-state index in [1.54, 1.807) is 18.0 Å². The number of amides is 2. The van der Waals surface area contributed by atoms with E-state index in [9.17, 15) is 14.7 Å². The van der Waals surface area contributed by atoms with E-state index in [1.165, 1.54) is 0 Å². The average Bonchev–Trinajstić information content (AvgIpc) is 3.11. The first-order chi connectivity index (χ1) is 10.9. The number of nitrogens with zero attached hydrogens (tertiary/aromatic N) is 3. The number of hydrogen-bond acceptors (Lipinski definition) is 3. The van der Waals surface area contributed by atoms with E-state index in [-0.39, 0.29) is 12.6 Å². The van der Waals surface area contributed by atoms with Gasteiger partial charge in [-0.3, -0.25) is 9.48 Å². The topological polar surface area (TPSA) is 87.5 Å². The minimum Gasteiger partial charge on any atom is -0.481 e. The zero-order valence-electron chi connectivity index (χ0n) is 13.2. The summed E-state index contributed by atoms with van der Waals surface area (Å²) in [4.78, 5) is 25.2. The molecule has 0 spiro atoms. The lowest BCUT2D eigenvalue weighted by Crippen LogP contribution is -2.37. The summed E-state index contributed by atoms with van der Waals surface area (Å²) in [5, 5.41) is 17.4. The van der Waals surface area contributed by atoms with Crippen molar-refractivity contribution in [3.05, 3.63) is 24.4 Å². The first-order valence-electron chi connectivity index (χ1n) is 7.68. The third-order valence-electron chi connectivity index (χ3n) is 4.47. The number of hydrogen-bond donors (Lipinski definition) is 2. The quantitative estimate of drug-likeness (QED) is 0.910. The number of urea groups is 1. The Hall–Kier alpha value is -2.57. The number of rotatable bonds is 3. The molecule has 1 aliphatic heterocycles. The molecule has 2 amide bonds. The van der Waals surface area contributed by atoms with E-state index < -0.39 is 11.4 Å². The van der Waals surface area contributed by atoms with Crippen LogP contribution in [0.25, 0.3) is 10.9 Å². The molecule has 2 heterocycles. The molecule has 1 aliphatic rings. The predicted octanol–water partition coefficient (Wildman–Crippen LogP) is 2.38. The Morgan fingerprint density at radius 1 is 1.43 bits per heavy atom. The van der Waals surface area contributed by atoms with Gasteiger partial charge in [0.15, 0.2) is 0 Å². The van der Waals surface area contributed by atoms with Crippen molar-refractivity contribution in [2.75, 3.05) is 18.4 Å². The molecule has 122 valence electrons. The van der Waals surface area contributed by atoms with Crippen LogP contribution in [0, 0.1) is 5.41 Å². The maximum atomic E-state index is 12.4. The monoisotopic (exact) mass is 316 g/mol. The fraction of sp³-hybridized carbons (Fsp3) is 0.438. The maximum absolute atomic E-state index is 12.4. The molecular formula is C16H20N4O3. The molecule has 1 unspecified atom stereocenters. The first kappa shape index (κ1) is 15.3. The van der Waals surface area contributed by atoms with Gasteiger partial charge in [-0.25, -0.2) is 4.79 Å². The summed E-state index contributed by atoms with van der Waals surface area (Å²) in [6, 6.07) is 5.36. The summed E-state index contributed by atoms with van der Waals surface area (Å²) in [5.41, 5.74) is 0.783. The highest BCUT2D eigenvalue weighted by Gasteiger charge is 2.42. The molecular weight excluding hydrogens is 296 g/mol. The summed E-state index contributed by atoms with van der Waals surface area (Å²) < 4.78 is 1.86. The van der Waals surface area contributed by atoms with Gasteiger partial charge in [0, 0.05) is 30.7 Å². The number of carboxylic acid groups (broad SMARTS) is 1. The van der Waals surface area contributed by atoms with Crippen molar-refractivity contribution in [2.45, 2.75) is 26.8 Å². The predicted molar refractivity (Wildman–Crippen MR) is 86.4 cm³/mol. The van der Waals surface area contributed by atoms with Crippen molar-refractivity contribution in [3.8, 4) is 0 Å². The van der Waals surface area contributed by atoms with Crippen molar-refractivity contribution in [1.82, 2.24) is 14.7 Å². The summed E-state index contributed by atoms with van der Waals surface area (Å²) in [6.45, 7) is 5.11. The normalized spacial score (nSPS) is 20.9. The van der Waals surface area contributed by atoms with Crippen LogP contribution in [0.3, 0.4) is 0 Å². The van der Waals surface area contributed by atoms with Gasteiger partial charge in [-0.15, -0.1) is 0 Å². The van der Waals surface area contributed by atoms with Crippen molar-refractivity contribution in [3.63, 3.8) is 0 Å². The molecule has 1 fully saturated rings. The molecule has 7 heteroatoms. The zero-order chi connectivity index (χ0) is 16.6. The largest absolute Gasteiger partial charge is 0.481 e. The van der Waals surface area contributed by atoms with E-state index in [0.717, 1.165) is 17.4 Å². The van der Waals surface area contributed by atoms with Crippen molar-refractivity contribution in [2.24, 2.45) is 5.41 Å². The molecule has 3 rings (SSSR count). The van der Waals surface area contributed by atoms with Crippen LogP contribution in [0.2, 0.25) is 0 Å². The van der Waals surface area contributed by atoms with Gasteiger partial charge in [0.2, 0.25) is 0 Å². The van der Waals surface area contributed by atoms with Crippen LogP contribution in [0.15, 0.2) is 24.4 Å². The Kier molecular flexibility index (Phi) is 3.71. The smallest absolute Gasteiger partial charge is 0.321 e. The molecule has 1 aromatic heterocycles. The van der Waals surface area contributed by atoms with Gasteiger partial charge in [0.25, 0.3) is 0 Å². The number of anilines is 1. The Bertz CT molecular complexity index is 770. The average molecular weight is 316 g/mol. The highest BCUT2D eigenvalue weighted by Crippen LogP contribution is 2.30. The molecule has 7 nitrogen and oxygen atoms in total. The molecule has 2 N–H and O–H groups in total. The minimum atomic E-state index is -0.860. The lowest BCUT2D eigenvalue weighted by atomic mass is 9.90. The van der Waals surface area contributed by atoms with Gasteiger partial charge < -0.3 is 15.3 Å². The number of fused-ring (bicyclic) bond motifs is 1. The summed E-state index contributed by atoms with van der Waals surface area (Å²) in [5.74, 6) is -0.860. The molecule has 1 aromatic carbocycles. The van der Waals surface area contributed by atoms with Crippen LogP contribution in [0.5, 0.6) is 0 Å². The van der Waals surface area contributed by atoms with Gasteiger partial charge in [-0.1, -0.05) is 0 Å². The van der Waals surface area contributed by atoms with E-state index in [4.69, 9.17) is 0 Å². The second kappa shape index (κ2) is 5.57. The third-order valence-corrected chi connectivity index (χ3v) is 4.47. The molecule has 0 saturated carbocycles. The summed E-state index contributed by atoms with van der Waals surface area (Å²) in [7, 11) is 0. The second-order valence-electron chi connectivity index (χ2n) is 6.20. The fourth-order valence-electron chi connectivity index (χ4n) is 2.91. The highest BCUT2D eigenvalue weighted by atomic mass is 16.4. The van der Waals surface area contributed by atoms with Gasteiger partial charge in [0.1, 0.15) is 0 Å². The van der Waals surface area contributed by atoms with Crippen LogP contribution in [-0.4, -0.2) is 44.9 Å². The number of benzene rings is 1. The SMILES string of the molecule is CCn1ncc2ccc(NC(=O)N3CCC(C)(C(=O)O)C3)cc21. The lowest BCUT2D eigenvalue weighted by Gasteiger charge is -2.20. The Balaban J connectivity index is 1.74. The molecule has 0 aliphatic carbocycles. The van der Waals surface area contributed by atoms with E-state index in [2.05, 4.69) is 10.4 Å². The van der Waals surface area contributed by atoms with Crippen molar-refractivity contribution >= 4 is 28.6 Å². The van der Waals surface area contributed by atoms with Gasteiger partial charge in [-0.05, 0) is 38.5 Å². The minimum absolute atomic E-state index is 0.225. The molecule has 1 saturated heterocycles. The first-order valence-corrected chi connectivity index (χ1v) is 7.68. The zero-order valence-corrected chi connectivity index (χ0v) is 13.2. The molecule has 1 atom stereocenters. The second-order valence-corrected chi connectivity index (χ2v) is 6.20. The Labute approximate surface area is 133 Å². The van der Waals surface area contributed by atoms with Gasteiger partial charge >= 0.3 is 12.0 Å². The number of aryl methyl sites for hydroxylation is 1. The lowest BCUT2D eigenvalue weighted by molar-refractivity contribution is -0.146. The molecule has 0 bridgehead atoms. The molecule has 0 radical (unpaired) electrons. The summed E-state index contributed by atoms with van der Waals surface area (Å²) >= 11 is 0. The van der Waals surface area contributed by atoms with Crippen LogP contribution in [0.4, 0.5) is 10.5 Å².